The van der Waals surface area contributed by atoms with E-state index in [1.165, 1.54) is 11.3 Å². The zero-order valence-electron chi connectivity index (χ0n) is 13.2. The first-order valence-electron chi connectivity index (χ1n) is 7.76. The zero-order valence-corrected chi connectivity index (χ0v) is 14.0. The van der Waals surface area contributed by atoms with E-state index in [1.807, 2.05) is 36.6 Å². The van der Waals surface area contributed by atoms with E-state index in [1.54, 1.807) is 11.4 Å². The Hall–Kier alpha value is -2.67. The van der Waals surface area contributed by atoms with Crippen LogP contribution >= 0.6 is 11.3 Å². The minimum atomic E-state index is -0.601. The molecule has 24 heavy (non-hydrogen) atoms. The van der Waals surface area contributed by atoms with Crippen molar-refractivity contribution in [3.8, 4) is 0 Å². The Morgan fingerprint density at radius 3 is 2.83 bits per heavy atom. The molecule has 3 aromatic rings. The van der Waals surface area contributed by atoms with E-state index in [4.69, 9.17) is 0 Å². The third kappa shape index (κ3) is 3.62. The van der Waals surface area contributed by atoms with Gasteiger partial charge in [0.2, 0.25) is 11.9 Å². The normalized spacial score (nSPS) is 12.0. The maximum absolute atomic E-state index is 12.5. The predicted molar refractivity (Wildman–Crippen MR) is 95.2 cm³/mol. The van der Waals surface area contributed by atoms with Crippen molar-refractivity contribution < 1.29 is 9.59 Å². The number of imidazole rings is 1. The van der Waals surface area contributed by atoms with Gasteiger partial charge in [0.05, 0.1) is 16.6 Å². The van der Waals surface area contributed by atoms with Crippen LogP contribution in [0.2, 0.25) is 0 Å². The van der Waals surface area contributed by atoms with Gasteiger partial charge in [0, 0.05) is 5.38 Å². The van der Waals surface area contributed by atoms with Crippen LogP contribution in [0.4, 0.5) is 5.95 Å². The molecule has 1 aromatic carbocycles. The molecular weight excluding hydrogens is 324 g/mol. The number of carbonyl (C=O) groups excluding carboxylic acids is 2. The van der Waals surface area contributed by atoms with Gasteiger partial charge in [-0.2, -0.15) is 11.3 Å². The molecule has 0 aliphatic heterocycles. The molecule has 2 aromatic heterocycles. The molecule has 0 fully saturated rings. The third-order valence-corrected chi connectivity index (χ3v) is 4.30. The molecule has 124 valence electrons. The number of hydrogen-bond donors (Lipinski definition) is 3. The Balaban J connectivity index is 1.70. The van der Waals surface area contributed by atoms with Crippen LogP contribution in [-0.4, -0.2) is 27.8 Å². The van der Waals surface area contributed by atoms with E-state index in [2.05, 4.69) is 20.6 Å². The van der Waals surface area contributed by atoms with Crippen LogP contribution in [0.1, 0.15) is 30.1 Å². The van der Waals surface area contributed by atoms with Crippen molar-refractivity contribution in [3.63, 3.8) is 0 Å². The van der Waals surface area contributed by atoms with E-state index < -0.39 is 6.04 Å². The van der Waals surface area contributed by atoms with Crippen LogP contribution in [0.25, 0.3) is 11.0 Å². The van der Waals surface area contributed by atoms with Crippen LogP contribution in [0.15, 0.2) is 41.1 Å². The fraction of sp³-hybridized carbons (Fsp3) is 0.235. The average molecular weight is 342 g/mol. The van der Waals surface area contributed by atoms with Crippen LogP contribution < -0.4 is 10.6 Å². The van der Waals surface area contributed by atoms with Gasteiger partial charge in [0.25, 0.3) is 5.91 Å². The number of rotatable bonds is 6. The number of hydrogen-bond acceptors (Lipinski definition) is 4. The minimum absolute atomic E-state index is 0.241. The van der Waals surface area contributed by atoms with Gasteiger partial charge in [0.1, 0.15) is 6.04 Å². The Labute approximate surface area is 143 Å². The van der Waals surface area contributed by atoms with E-state index in [-0.39, 0.29) is 11.8 Å². The lowest BCUT2D eigenvalue weighted by molar-refractivity contribution is -0.118. The zero-order chi connectivity index (χ0) is 16.9. The first kappa shape index (κ1) is 16.2. The molecule has 1 unspecified atom stereocenters. The fourth-order valence-electron chi connectivity index (χ4n) is 2.41. The summed E-state index contributed by atoms with van der Waals surface area (Å²) in [6, 6.07) is 8.67. The molecular formula is C17H18N4O2S. The van der Waals surface area contributed by atoms with Gasteiger partial charge >= 0.3 is 0 Å². The topological polar surface area (TPSA) is 86.9 Å². The summed E-state index contributed by atoms with van der Waals surface area (Å²) < 4.78 is 0. The highest BCUT2D eigenvalue weighted by molar-refractivity contribution is 7.08. The first-order valence-corrected chi connectivity index (χ1v) is 8.70. The minimum Gasteiger partial charge on any atom is -0.340 e. The maximum Gasteiger partial charge on any atom is 0.252 e. The van der Waals surface area contributed by atoms with Crippen molar-refractivity contribution in [2.24, 2.45) is 0 Å². The van der Waals surface area contributed by atoms with Crippen LogP contribution in [-0.2, 0) is 4.79 Å². The van der Waals surface area contributed by atoms with Gasteiger partial charge in [-0.1, -0.05) is 25.5 Å². The molecule has 1 atom stereocenters. The fourth-order valence-corrected chi connectivity index (χ4v) is 3.04. The molecule has 3 N–H and O–H groups in total. The number of amides is 2. The lowest BCUT2D eigenvalue weighted by atomic mass is 10.1. The number of nitrogens with one attached hydrogen (secondary N) is 3. The van der Waals surface area contributed by atoms with Gasteiger partial charge in [-0.3, -0.25) is 14.9 Å². The standard InChI is InChI=1S/C17H18N4O2S/c1-2-5-14(18-15(22)11-8-9-24-10-11)16(23)21-17-19-12-6-3-4-7-13(12)20-17/h3-4,6-10,14H,2,5H2,1H3,(H,18,22)(H2,19,20,21,23). The molecule has 7 heteroatoms. The second-order valence-electron chi connectivity index (χ2n) is 5.42. The number of benzene rings is 1. The number of anilines is 1. The van der Waals surface area contributed by atoms with Crippen molar-refractivity contribution in [3.05, 3.63) is 46.7 Å². The van der Waals surface area contributed by atoms with Crippen LogP contribution in [0.3, 0.4) is 0 Å². The molecule has 0 saturated carbocycles. The smallest absolute Gasteiger partial charge is 0.252 e. The Morgan fingerprint density at radius 2 is 2.12 bits per heavy atom. The molecule has 0 spiro atoms. The van der Waals surface area contributed by atoms with Crippen molar-refractivity contribution >= 4 is 40.1 Å². The molecule has 3 rings (SSSR count). The second-order valence-corrected chi connectivity index (χ2v) is 6.20. The predicted octanol–water partition coefficient (Wildman–Crippen LogP) is 3.16. The van der Waals surface area contributed by atoms with E-state index in [0.717, 1.165) is 17.5 Å². The second kappa shape index (κ2) is 7.27. The third-order valence-electron chi connectivity index (χ3n) is 3.61. The highest BCUT2D eigenvalue weighted by atomic mass is 32.1. The first-order chi connectivity index (χ1) is 11.7. The average Bonchev–Trinajstić information content (AvgIpc) is 3.23. The Kier molecular flexibility index (Phi) is 4.90. The van der Waals surface area contributed by atoms with Crippen molar-refractivity contribution in [2.45, 2.75) is 25.8 Å². The molecule has 2 amide bonds. The summed E-state index contributed by atoms with van der Waals surface area (Å²) in [7, 11) is 0. The van der Waals surface area contributed by atoms with Gasteiger partial charge in [-0.15, -0.1) is 0 Å². The van der Waals surface area contributed by atoms with Gasteiger partial charge < -0.3 is 10.3 Å². The van der Waals surface area contributed by atoms with E-state index in [0.29, 0.717) is 17.9 Å². The molecule has 0 bridgehead atoms. The molecule has 0 saturated heterocycles. The summed E-state index contributed by atoms with van der Waals surface area (Å²) in [5.74, 6) is -0.138. The van der Waals surface area contributed by atoms with E-state index >= 15 is 0 Å². The summed E-state index contributed by atoms with van der Waals surface area (Å²) in [6.07, 6.45) is 1.34. The Morgan fingerprint density at radius 1 is 1.29 bits per heavy atom. The molecule has 0 aliphatic rings. The SMILES string of the molecule is CCCC(NC(=O)c1ccsc1)C(=O)Nc1nc2ccccc2[nH]1. The van der Waals surface area contributed by atoms with Crippen molar-refractivity contribution in [1.29, 1.82) is 0 Å². The summed E-state index contributed by atoms with van der Waals surface area (Å²) >= 11 is 1.45. The summed E-state index contributed by atoms with van der Waals surface area (Å²) in [5.41, 5.74) is 2.20. The van der Waals surface area contributed by atoms with Crippen LogP contribution in [0, 0.1) is 0 Å². The quantitative estimate of drug-likeness (QED) is 0.643. The van der Waals surface area contributed by atoms with Gasteiger partial charge in [-0.05, 0) is 30.0 Å². The molecule has 0 radical (unpaired) electrons. The number of aromatic amines is 1. The number of nitrogens with zero attached hydrogens (tertiary/aromatic N) is 1. The number of aromatic nitrogens is 2. The summed E-state index contributed by atoms with van der Waals surface area (Å²) in [5, 5.41) is 9.13. The monoisotopic (exact) mass is 342 g/mol. The highest BCUT2D eigenvalue weighted by Crippen LogP contribution is 2.14. The lowest BCUT2D eigenvalue weighted by Crippen LogP contribution is -2.43. The summed E-state index contributed by atoms with van der Waals surface area (Å²) in [6.45, 7) is 1.97. The number of fused-ring (bicyclic) bond motifs is 1. The number of H-pyrrole nitrogens is 1. The largest absolute Gasteiger partial charge is 0.340 e. The highest BCUT2D eigenvalue weighted by Gasteiger charge is 2.21. The molecule has 0 aliphatic carbocycles. The number of carbonyl (C=O) groups is 2. The van der Waals surface area contributed by atoms with Crippen LogP contribution in [0.5, 0.6) is 0 Å². The summed E-state index contributed by atoms with van der Waals surface area (Å²) in [4.78, 5) is 32.1. The molecule has 6 nitrogen and oxygen atoms in total. The van der Waals surface area contributed by atoms with Crippen molar-refractivity contribution in [1.82, 2.24) is 15.3 Å². The van der Waals surface area contributed by atoms with Gasteiger partial charge in [-0.25, -0.2) is 4.98 Å². The molecule has 2 heterocycles. The maximum atomic E-state index is 12.5. The van der Waals surface area contributed by atoms with Gasteiger partial charge in [0.15, 0.2) is 0 Å². The number of thiophene rings is 1. The van der Waals surface area contributed by atoms with E-state index in [9.17, 15) is 9.59 Å². The van der Waals surface area contributed by atoms with Crippen molar-refractivity contribution in [2.75, 3.05) is 5.32 Å². The Bertz CT molecular complexity index is 808. The number of para-hydroxylation sites is 2. The lowest BCUT2D eigenvalue weighted by Gasteiger charge is -2.16.